The van der Waals surface area contributed by atoms with Gasteiger partial charge >= 0.3 is 0 Å². The van der Waals surface area contributed by atoms with Crippen molar-refractivity contribution >= 4 is 0 Å². The lowest BCUT2D eigenvalue weighted by atomic mass is 9.84. The fraction of sp³-hybridized carbons (Fsp3) is 1.00. The van der Waals surface area contributed by atoms with Gasteiger partial charge in [-0.25, -0.2) is 0 Å². The Morgan fingerprint density at radius 1 is 1.56 bits per heavy atom. The molecule has 2 saturated heterocycles. The zero-order valence-corrected chi connectivity index (χ0v) is 10.3. The van der Waals surface area contributed by atoms with Crippen molar-refractivity contribution in [1.29, 1.82) is 0 Å². The minimum absolute atomic E-state index is 0.0480. The fourth-order valence-electron chi connectivity index (χ4n) is 3.03. The van der Waals surface area contributed by atoms with E-state index in [4.69, 9.17) is 15.2 Å². The molecule has 2 atom stereocenters. The molecule has 4 nitrogen and oxygen atoms in total. The van der Waals surface area contributed by atoms with Gasteiger partial charge in [-0.3, -0.25) is 4.90 Å². The van der Waals surface area contributed by atoms with E-state index in [9.17, 15) is 0 Å². The number of nitrogens with zero attached hydrogens (tertiary/aromatic N) is 1. The molecule has 94 valence electrons. The van der Waals surface area contributed by atoms with Crippen molar-refractivity contribution in [2.45, 2.75) is 37.4 Å². The fourth-order valence-corrected chi connectivity index (χ4v) is 3.03. The predicted molar refractivity (Wildman–Crippen MR) is 63.4 cm³/mol. The number of nitrogens with two attached hydrogens (primary N) is 1. The van der Waals surface area contributed by atoms with Gasteiger partial charge in [0.1, 0.15) is 0 Å². The lowest BCUT2D eigenvalue weighted by Crippen LogP contribution is -2.54. The molecule has 2 aliphatic heterocycles. The summed E-state index contributed by atoms with van der Waals surface area (Å²) in [6, 6.07) is 0. The highest BCUT2D eigenvalue weighted by atomic mass is 16.5. The molecular formula is C12H24N2O2. The lowest BCUT2D eigenvalue weighted by Gasteiger charge is -2.46. The van der Waals surface area contributed by atoms with Gasteiger partial charge in [-0.1, -0.05) is 0 Å². The van der Waals surface area contributed by atoms with Crippen LogP contribution >= 0.6 is 0 Å². The first-order valence-corrected chi connectivity index (χ1v) is 6.37. The third-order valence-corrected chi connectivity index (χ3v) is 3.84. The summed E-state index contributed by atoms with van der Waals surface area (Å²) in [5.74, 6) is 0. The van der Waals surface area contributed by atoms with Gasteiger partial charge in [0, 0.05) is 39.8 Å². The molecule has 2 aliphatic rings. The van der Waals surface area contributed by atoms with Crippen LogP contribution in [0.5, 0.6) is 0 Å². The van der Waals surface area contributed by atoms with E-state index in [1.54, 1.807) is 0 Å². The van der Waals surface area contributed by atoms with Crippen LogP contribution in [-0.4, -0.2) is 56.5 Å². The van der Waals surface area contributed by atoms with E-state index in [-0.39, 0.29) is 5.60 Å². The average Bonchev–Trinajstić information content (AvgIpc) is 2.29. The number of hydrogen-bond acceptors (Lipinski definition) is 4. The molecule has 0 unspecified atom stereocenters. The van der Waals surface area contributed by atoms with Gasteiger partial charge in [-0.05, 0) is 25.8 Å². The normalized spacial score (nSPS) is 36.8. The van der Waals surface area contributed by atoms with Crippen molar-refractivity contribution in [3.63, 3.8) is 0 Å². The van der Waals surface area contributed by atoms with Crippen LogP contribution in [0.2, 0.25) is 0 Å². The molecule has 0 aromatic carbocycles. The van der Waals surface area contributed by atoms with Crippen LogP contribution < -0.4 is 5.73 Å². The first-order valence-electron chi connectivity index (χ1n) is 6.37. The van der Waals surface area contributed by atoms with Crippen LogP contribution in [0.4, 0.5) is 0 Å². The van der Waals surface area contributed by atoms with Crippen LogP contribution in [0.15, 0.2) is 0 Å². The summed E-state index contributed by atoms with van der Waals surface area (Å²) in [5, 5.41) is 0. The molecule has 2 fully saturated rings. The Kier molecular flexibility index (Phi) is 4.19. The second-order valence-electron chi connectivity index (χ2n) is 5.05. The molecule has 2 heterocycles. The second kappa shape index (κ2) is 5.45. The number of ether oxygens (including phenoxy) is 2. The summed E-state index contributed by atoms with van der Waals surface area (Å²) in [6.45, 7) is 4.77. The van der Waals surface area contributed by atoms with E-state index in [2.05, 4.69) is 4.90 Å². The van der Waals surface area contributed by atoms with E-state index >= 15 is 0 Å². The van der Waals surface area contributed by atoms with Gasteiger partial charge < -0.3 is 15.2 Å². The quantitative estimate of drug-likeness (QED) is 0.768. The Morgan fingerprint density at radius 2 is 2.44 bits per heavy atom. The first kappa shape index (κ1) is 12.3. The van der Waals surface area contributed by atoms with Crippen LogP contribution in [0.3, 0.4) is 0 Å². The SMILES string of the molecule is CO[C@H]1CCO[C@]2(CCCN(CCN)C2)C1. The van der Waals surface area contributed by atoms with E-state index in [1.807, 2.05) is 7.11 Å². The van der Waals surface area contributed by atoms with Gasteiger partial charge in [0.25, 0.3) is 0 Å². The highest BCUT2D eigenvalue weighted by Crippen LogP contribution is 2.34. The van der Waals surface area contributed by atoms with E-state index in [1.165, 1.54) is 19.4 Å². The van der Waals surface area contributed by atoms with Gasteiger partial charge in [-0.2, -0.15) is 0 Å². The molecule has 4 heteroatoms. The van der Waals surface area contributed by atoms with Gasteiger partial charge in [0.15, 0.2) is 0 Å². The Bertz CT molecular complexity index is 219. The van der Waals surface area contributed by atoms with Crippen LogP contribution in [0.25, 0.3) is 0 Å². The third kappa shape index (κ3) is 2.74. The van der Waals surface area contributed by atoms with Crippen molar-refractivity contribution in [2.24, 2.45) is 5.73 Å². The summed E-state index contributed by atoms with van der Waals surface area (Å²) in [5.41, 5.74) is 5.67. The molecule has 0 aromatic rings. The largest absolute Gasteiger partial charge is 0.381 e. The molecule has 16 heavy (non-hydrogen) atoms. The van der Waals surface area contributed by atoms with Crippen LogP contribution in [0.1, 0.15) is 25.7 Å². The van der Waals surface area contributed by atoms with E-state index < -0.39 is 0 Å². The Labute approximate surface area is 98.1 Å². The maximum atomic E-state index is 6.05. The molecule has 1 spiro atoms. The van der Waals surface area contributed by atoms with Crippen LogP contribution in [0, 0.1) is 0 Å². The molecule has 0 aliphatic carbocycles. The Hall–Kier alpha value is -0.160. The molecule has 0 amide bonds. The molecule has 2 rings (SSSR count). The third-order valence-electron chi connectivity index (χ3n) is 3.84. The molecular weight excluding hydrogens is 204 g/mol. The maximum absolute atomic E-state index is 6.05. The van der Waals surface area contributed by atoms with Crippen molar-refractivity contribution in [1.82, 2.24) is 4.90 Å². The topological polar surface area (TPSA) is 47.7 Å². The van der Waals surface area contributed by atoms with Crippen molar-refractivity contribution in [2.75, 3.05) is 39.9 Å². The molecule has 0 aromatic heterocycles. The van der Waals surface area contributed by atoms with Crippen LogP contribution in [-0.2, 0) is 9.47 Å². The second-order valence-corrected chi connectivity index (χ2v) is 5.05. The molecule has 0 radical (unpaired) electrons. The zero-order valence-electron chi connectivity index (χ0n) is 10.3. The van der Waals surface area contributed by atoms with Crippen molar-refractivity contribution in [3.05, 3.63) is 0 Å². The number of likely N-dealkylation sites (tertiary alicyclic amines) is 1. The Morgan fingerprint density at radius 3 is 3.19 bits per heavy atom. The van der Waals surface area contributed by atoms with Crippen molar-refractivity contribution < 1.29 is 9.47 Å². The first-order chi connectivity index (χ1) is 7.78. The number of rotatable bonds is 3. The smallest absolute Gasteiger partial charge is 0.0833 e. The van der Waals surface area contributed by atoms with Crippen molar-refractivity contribution in [3.8, 4) is 0 Å². The summed E-state index contributed by atoms with van der Waals surface area (Å²) >= 11 is 0. The lowest BCUT2D eigenvalue weighted by molar-refractivity contribution is -0.152. The number of methoxy groups -OCH3 is 1. The predicted octanol–water partition coefficient (Wildman–Crippen LogP) is 0.605. The molecule has 0 saturated carbocycles. The average molecular weight is 228 g/mol. The maximum Gasteiger partial charge on any atom is 0.0833 e. The van der Waals surface area contributed by atoms with Gasteiger partial charge in [0.2, 0.25) is 0 Å². The summed E-state index contributed by atoms with van der Waals surface area (Å²) in [6.07, 6.45) is 4.86. The van der Waals surface area contributed by atoms with E-state index in [0.29, 0.717) is 6.10 Å². The molecule has 2 N–H and O–H groups in total. The standard InChI is InChI=1S/C12H24N2O2/c1-15-11-3-8-16-12(9-11)4-2-6-14(10-12)7-5-13/h11H,2-10,13H2,1H3/t11-,12+/m0/s1. The highest BCUT2D eigenvalue weighted by molar-refractivity contribution is 4.93. The highest BCUT2D eigenvalue weighted by Gasteiger charge is 2.40. The monoisotopic (exact) mass is 228 g/mol. The summed E-state index contributed by atoms with van der Waals surface area (Å²) in [7, 11) is 1.81. The van der Waals surface area contributed by atoms with Gasteiger partial charge in [0.05, 0.1) is 11.7 Å². The van der Waals surface area contributed by atoms with Gasteiger partial charge in [-0.15, -0.1) is 0 Å². The zero-order chi connectivity index (χ0) is 11.4. The minimum Gasteiger partial charge on any atom is -0.381 e. The number of hydrogen-bond donors (Lipinski definition) is 1. The summed E-state index contributed by atoms with van der Waals surface area (Å²) < 4.78 is 11.5. The van der Waals surface area contributed by atoms with E-state index in [0.717, 1.165) is 39.1 Å². The summed E-state index contributed by atoms with van der Waals surface area (Å²) in [4.78, 5) is 2.43. The number of piperidine rings is 1. The molecule has 0 bridgehead atoms. The Balaban J connectivity index is 1.94. The minimum atomic E-state index is 0.0480.